The maximum atomic E-state index is 11.5. The first-order valence-electron chi connectivity index (χ1n) is 5.85. The van der Waals surface area contributed by atoms with Crippen LogP contribution in [0.4, 0.5) is 0 Å². The van der Waals surface area contributed by atoms with Gasteiger partial charge in [-0.25, -0.2) is 0 Å². The fourth-order valence-corrected chi connectivity index (χ4v) is 2.84. The van der Waals surface area contributed by atoms with Crippen LogP contribution in [-0.4, -0.2) is 36.6 Å². The topological polar surface area (TPSA) is 29.5 Å². The van der Waals surface area contributed by atoms with E-state index in [0.717, 1.165) is 32.5 Å². The minimum atomic E-state index is 0.190. The van der Waals surface area contributed by atoms with Crippen LogP contribution in [-0.2, 0) is 9.53 Å². The van der Waals surface area contributed by atoms with Crippen molar-refractivity contribution in [2.24, 2.45) is 11.3 Å². The fourth-order valence-electron chi connectivity index (χ4n) is 2.84. The third-order valence-electron chi connectivity index (χ3n) is 3.62. The molecule has 3 heteroatoms. The molecule has 0 saturated carbocycles. The number of carbonyl (C=O) groups is 1. The molecule has 2 aliphatic heterocycles. The highest BCUT2D eigenvalue weighted by atomic mass is 16.5. The first kappa shape index (κ1) is 10.9. The lowest BCUT2D eigenvalue weighted by atomic mass is 9.85. The second-order valence-electron chi connectivity index (χ2n) is 5.73. The lowest BCUT2D eigenvalue weighted by molar-refractivity contribution is -0.130. The van der Waals surface area contributed by atoms with Gasteiger partial charge in [-0.2, -0.15) is 0 Å². The minimum absolute atomic E-state index is 0.190. The monoisotopic (exact) mass is 211 g/mol. The maximum absolute atomic E-state index is 11.5. The van der Waals surface area contributed by atoms with Gasteiger partial charge in [-0.15, -0.1) is 0 Å². The average molecular weight is 211 g/mol. The fraction of sp³-hybridized carbons (Fsp3) is 0.917. The van der Waals surface area contributed by atoms with Crippen LogP contribution in [0.2, 0.25) is 0 Å². The van der Waals surface area contributed by atoms with Crippen molar-refractivity contribution in [2.75, 3.05) is 19.7 Å². The summed E-state index contributed by atoms with van der Waals surface area (Å²) in [6.45, 7) is 8.77. The molecule has 3 nitrogen and oxygen atoms in total. The van der Waals surface area contributed by atoms with Crippen molar-refractivity contribution >= 4 is 5.91 Å². The molecule has 0 aliphatic carbocycles. The van der Waals surface area contributed by atoms with Crippen LogP contribution in [0, 0.1) is 11.3 Å². The number of carbonyl (C=O) groups excluding carboxylic acids is 1. The predicted molar refractivity (Wildman–Crippen MR) is 58.5 cm³/mol. The Morgan fingerprint density at radius 2 is 2.20 bits per heavy atom. The van der Waals surface area contributed by atoms with Gasteiger partial charge in [0, 0.05) is 32.5 Å². The first-order valence-corrected chi connectivity index (χ1v) is 5.85. The molecule has 2 atom stereocenters. The molecule has 2 fully saturated rings. The van der Waals surface area contributed by atoms with Gasteiger partial charge in [-0.1, -0.05) is 13.8 Å². The Labute approximate surface area is 91.8 Å². The molecule has 2 saturated heterocycles. The van der Waals surface area contributed by atoms with Crippen LogP contribution in [0.25, 0.3) is 0 Å². The zero-order valence-corrected chi connectivity index (χ0v) is 9.95. The first-order chi connectivity index (χ1) is 6.98. The number of ether oxygens (including phenoxy) is 1. The van der Waals surface area contributed by atoms with Crippen molar-refractivity contribution in [3.63, 3.8) is 0 Å². The highest BCUT2D eigenvalue weighted by Crippen LogP contribution is 2.36. The van der Waals surface area contributed by atoms with Gasteiger partial charge < -0.3 is 9.64 Å². The van der Waals surface area contributed by atoms with Gasteiger partial charge in [0.1, 0.15) is 0 Å². The van der Waals surface area contributed by atoms with Crippen LogP contribution in [0.15, 0.2) is 0 Å². The van der Waals surface area contributed by atoms with Gasteiger partial charge in [-0.05, 0) is 18.3 Å². The summed E-state index contributed by atoms with van der Waals surface area (Å²) in [4.78, 5) is 13.5. The van der Waals surface area contributed by atoms with E-state index < -0.39 is 0 Å². The third kappa shape index (κ3) is 2.33. The number of hydrogen-bond donors (Lipinski definition) is 0. The quantitative estimate of drug-likeness (QED) is 0.610. The minimum Gasteiger partial charge on any atom is -0.378 e. The van der Waals surface area contributed by atoms with Crippen molar-refractivity contribution in [2.45, 2.75) is 39.7 Å². The molecule has 0 spiro atoms. The summed E-state index contributed by atoms with van der Waals surface area (Å²) in [5.41, 5.74) is 0.190. The SMILES string of the molecule is CC(=O)N1C[C@@H]2CCO[C@@H]2CC(C)(C)C1. The molecule has 2 aliphatic rings. The number of rotatable bonds is 0. The van der Waals surface area contributed by atoms with Crippen molar-refractivity contribution < 1.29 is 9.53 Å². The highest BCUT2D eigenvalue weighted by Gasteiger charge is 2.39. The van der Waals surface area contributed by atoms with Crippen LogP contribution < -0.4 is 0 Å². The second kappa shape index (κ2) is 3.78. The molecular formula is C12H21NO2. The molecule has 0 radical (unpaired) electrons. The Morgan fingerprint density at radius 3 is 2.87 bits per heavy atom. The molecule has 86 valence electrons. The lowest BCUT2D eigenvalue weighted by Crippen LogP contribution is -2.37. The summed E-state index contributed by atoms with van der Waals surface area (Å²) >= 11 is 0. The summed E-state index contributed by atoms with van der Waals surface area (Å²) in [6, 6.07) is 0. The summed E-state index contributed by atoms with van der Waals surface area (Å²) in [6.07, 6.45) is 2.58. The van der Waals surface area contributed by atoms with Crippen LogP contribution in [0.3, 0.4) is 0 Å². The molecule has 15 heavy (non-hydrogen) atoms. The molecule has 0 aromatic heterocycles. The van der Waals surface area contributed by atoms with E-state index in [-0.39, 0.29) is 11.3 Å². The zero-order valence-electron chi connectivity index (χ0n) is 9.95. The molecule has 2 heterocycles. The molecule has 0 unspecified atom stereocenters. The van der Waals surface area contributed by atoms with Crippen LogP contribution in [0.5, 0.6) is 0 Å². The largest absolute Gasteiger partial charge is 0.378 e. The van der Waals surface area contributed by atoms with E-state index in [1.54, 1.807) is 6.92 Å². The highest BCUT2D eigenvalue weighted by molar-refractivity contribution is 5.73. The van der Waals surface area contributed by atoms with Crippen LogP contribution in [0.1, 0.15) is 33.6 Å². The van der Waals surface area contributed by atoms with Gasteiger partial charge in [0.15, 0.2) is 0 Å². The molecule has 0 bridgehead atoms. The Morgan fingerprint density at radius 1 is 1.47 bits per heavy atom. The number of nitrogens with zero attached hydrogens (tertiary/aromatic N) is 1. The van der Waals surface area contributed by atoms with E-state index in [1.165, 1.54) is 0 Å². The Bertz CT molecular complexity index is 262. The van der Waals surface area contributed by atoms with Crippen molar-refractivity contribution in [1.82, 2.24) is 4.90 Å². The van der Waals surface area contributed by atoms with Gasteiger partial charge >= 0.3 is 0 Å². The van der Waals surface area contributed by atoms with Gasteiger partial charge in [0.05, 0.1) is 6.10 Å². The van der Waals surface area contributed by atoms with Crippen molar-refractivity contribution in [3.8, 4) is 0 Å². The molecule has 1 amide bonds. The summed E-state index contributed by atoms with van der Waals surface area (Å²) in [5, 5.41) is 0. The predicted octanol–water partition coefficient (Wildman–Crippen LogP) is 1.67. The molecule has 0 aromatic rings. The van der Waals surface area contributed by atoms with Gasteiger partial charge in [-0.3, -0.25) is 4.79 Å². The van der Waals surface area contributed by atoms with E-state index in [2.05, 4.69) is 13.8 Å². The molecule has 0 aromatic carbocycles. The van der Waals surface area contributed by atoms with Crippen molar-refractivity contribution in [3.05, 3.63) is 0 Å². The van der Waals surface area contributed by atoms with E-state index in [0.29, 0.717) is 12.0 Å². The number of amides is 1. The summed E-state index contributed by atoms with van der Waals surface area (Å²) < 4.78 is 5.76. The molecule has 2 rings (SSSR count). The van der Waals surface area contributed by atoms with Crippen LogP contribution >= 0.6 is 0 Å². The third-order valence-corrected chi connectivity index (χ3v) is 3.62. The molecule has 0 N–H and O–H groups in total. The van der Waals surface area contributed by atoms with E-state index in [4.69, 9.17) is 4.74 Å². The maximum Gasteiger partial charge on any atom is 0.219 e. The van der Waals surface area contributed by atoms with E-state index in [1.807, 2.05) is 4.90 Å². The number of hydrogen-bond acceptors (Lipinski definition) is 2. The van der Waals surface area contributed by atoms with Gasteiger partial charge in [0.25, 0.3) is 0 Å². The standard InChI is InChI=1S/C12H21NO2/c1-9(14)13-7-10-4-5-15-11(10)6-12(2,3)8-13/h10-11H,4-8H2,1-3H3/t10-,11+/m0/s1. The Kier molecular flexibility index (Phi) is 2.75. The summed E-state index contributed by atoms with van der Waals surface area (Å²) in [5.74, 6) is 0.770. The number of likely N-dealkylation sites (tertiary alicyclic amines) is 1. The molecular weight excluding hydrogens is 190 g/mol. The van der Waals surface area contributed by atoms with Crippen molar-refractivity contribution in [1.29, 1.82) is 0 Å². The lowest BCUT2D eigenvalue weighted by Gasteiger charge is -2.29. The van der Waals surface area contributed by atoms with E-state index >= 15 is 0 Å². The Balaban J connectivity index is 2.15. The second-order valence-corrected chi connectivity index (χ2v) is 5.73. The Hall–Kier alpha value is -0.570. The van der Waals surface area contributed by atoms with Gasteiger partial charge in [0.2, 0.25) is 5.91 Å². The number of fused-ring (bicyclic) bond motifs is 1. The summed E-state index contributed by atoms with van der Waals surface area (Å²) in [7, 11) is 0. The van der Waals surface area contributed by atoms with E-state index in [9.17, 15) is 4.79 Å². The zero-order chi connectivity index (χ0) is 11.1. The smallest absolute Gasteiger partial charge is 0.219 e. The average Bonchev–Trinajstić information content (AvgIpc) is 2.45. The normalized spacial score (nSPS) is 34.7.